The standard InChI is InChI=1S/C25H21F3N6O6S/c1-38-16-8-5-13(11-17(16)39-2)18(31-14-6-3-12(4-7-14)20(29)30)21-32-24(37)34(33-21)15-9-10-41-19(15)22(35)40-23(36)25(26,27)28/h3-11,18,31H,1-2H3,(H3,29,30)(H,32,33,37). The van der Waals surface area contributed by atoms with Gasteiger partial charge in [0.05, 0.1) is 19.9 Å². The summed E-state index contributed by atoms with van der Waals surface area (Å²) in [6.45, 7) is 0. The van der Waals surface area contributed by atoms with E-state index < -0.39 is 34.7 Å². The molecular weight excluding hydrogens is 569 g/mol. The fraction of sp³-hybridized carbons (Fsp3) is 0.160. The molecule has 2 heterocycles. The van der Waals surface area contributed by atoms with Gasteiger partial charge in [-0.2, -0.15) is 17.9 Å². The number of hydrogen-bond acceptors (Lipinski definition) is 10. The summed E-state index contributed by atoms with van der Waals surface area (Å²) in [6, 6.07) is 11.9. The van der Waals surface area contributed by atoms with Crippen LogP contribution in [0, 0.1) is 5.41 Å². The normalized spacial score (nSPS) is 11.9. The third-order valence-corrected chi connectivity index (χ3v) is 6.51. The summed E-state index contributed by atoms with van der Waals surface area (Å²) in [6.07, 6.45) is -5.38. The van der Waals surface area contributed by atoms with E-state index in [4.69, 9.17) is 20.6 Å². The van der Waals surface area contributed by atoms with Gasteiger partial charge < -0.3 is 25.3 Å². The van der Waals surface area contributed by atoms with Crippen molar-refractivity contribution in [3.05, 3.63) is 86.2 Å². The van der Waals surface area contributed by atoms with Crippen LogP contribution in [-0.4, -0.2) is 52.9 Å². The smallest absolute Gasteiger partial charge is 0.491 e. The highest BCUT2D eigenvalue weighted by atomic mass is 32.1. The number of alkyl halides is 3. The van der Waals surface area contributed by atoms with E-state index in [1.807, 2.05) is 0 Å². The highest BCUT2D eigenvalue weighted by Gasteiger charge is 2.43. The minimum atomic E-state index is -5.38. The summed E-state index contributed by atoms with van der Waals surface area (Å²) in [5, 5.41) is 16.4. The van der Waals surface area contributed by atoms with Crippen molar-refractivity contribution in [2.24, 2.45) is 5.73 Å². The molecule has 12 nitrogen and oxygen atoms in total. The molecule has 0 saturated heterocycles. The summed E-state index contributed by atoms with van der Waals surface area (Å²) in [7, 11) is 2.91. The second kappa shape index (κ2) is 11.5. The van der Waals surface area contributed by atoms with E-state index in [1.54, 1.807) is 42.5 Å². The molecule has 214 valence electrons. The molecule has 0 fully saturated rings. The number of carbonyl (C=O) groups excluding carboxylic acids is 2. The summed E-state index contributed by atoms with van der Waals surface area (Å²) < 4.78 is 53.2. The molecule has 0 radical (unpaired) electrons. The SMILES string of the molecule is COc1ccc(C(Nc2ccc(C(=N)N)cc2)c2nn(-c3ccsc3C(=O)OC(=O)C(F)(F)F)c(=O)[nH]2)cc1OC. The number of carbonyl (C=O) groups is 2. The van der Waals surface area contributed by atoms with Crippen molar-refractivity contribution in [2.75, 3.05) is 19.5 Å². The summed E-state index contributed by atoms with van der Waals surface area (Å²) in [5.74, 6) is -3.54. The van der Waals surface area contributed by atoms with Crippen LogP contribution < -0.4 is 26.2 Å². The monoisotopic (exact) mass is 590 g/mol. The zero-order chi connectivity index (χ0) is 29.9. The van der Waals surface area contributed by atoms with E-state index in [0.29, 0.717) is 39.7 Å². The zero-order valence-electron chi connectivity index (χ0n) is 21.2. The van der Waals surface area contributed by atoms with Crippen molar-refractivity contribution in [1.29, 1.82) is 5.41 Å². The molecule has 0 bridgehead atoms. The number of rotatable bonds is 9. The lowest BCUT2D eigenvalue weighted by atomic mass is 10.0. The first-order valence-electron chi connectivity index (χ1n) is 11.5. The van der Waals surface area contributed by atoms with Crippen LogP contribution in [0.4, 0.5) is 18.9 Å². The number of aromatic amines is 1. The van der Waals surface area contributed by atoms with Gasteiger partial charge in [-0.05, 0) is 53.4 Å². The van der Waals surface area contributed by atoms with Gasteiger partial charge in [-0.1, -0.05) is 6.07 Å². The van der Waals surface area contributed by atoms with Crippen LogP contribution in [0.3, 0.4) is 0 Å². The number of nitrogens with zero attached hydrogens (tertiary/aromatic N) is 2. The largest absolute Gasteiger partial charge is 0.493 e. The number of nitrogens with two attached hydrogens (primary N) is 1. The van der Waals surface area contributed by atoms with E-state index in [1.165, 1.54) is 25.7 Å². The predicted molar refractivity (Wildman–Crippen MR) is 141 cm³/mol. The molecule has 2 aromatic carbocycles. The number of ether oxygens (including phenoxy) is 3. The van der Waals surface area contributed by atoms with Crippen molar-refractivity contribution in [3.63, 3.8) is 0 Å². The number of methoxy groups -OCH3 is 2. The third kappa shape index (κ3) is 6.22. The number of halogens is 3. The van der Waals surface area contributed by atoms with Crippen molar-refractivity contribution < 1.29 is 37.0 Å². The fourth-order valence-electron chi connectivity index (χ4n) is 3.70. The fourth-order valence-corrected chi connectivity index (χ4v) is 4.45. The Hall–Kier alpha value is -5.12. The highest BCUT2D eigenvalue weighted by molar-refractivity contribution is 7.12. The van der Waals surface area contributed by atoms with Crippen molar-refractivity contribution >= 4 is 34.8 Å². The van der Waals surface area contributed by atoms with Gasteiger partial charge in [-0.15, -0.1) is 16.4 Å². The first-order valence-corrected chi connectivity index (χ1v) is 12.3. The van der Waals surface area contributed by atoms with E-state index in [2.05, 4.69) is 20.1 Å². The average molecular weight is 591 g/mol. The number of thiophene rings is 1. The Morgan fingerprint density at radius 1 is 1.10 bits per heavy atom. The Morgan fingerprint density at radius 2 is 1.78 bits per heavy atom. The van der Waals surface area contributed by atoms with Gasteiger partial charge >= 0.3 is 23.8 Å². The van der Waals surface area contributed by atoms with E-state index in [-0.39, 0.29) is 17.3 Å². The maximum atomic E-state index is 13.0. The topological polar surface area (TPSA) is 174 Å². The van der Waals surface area contributed by atoms with Gasteiger partial charge in [0, 0.05) is 11.3 Å². The predicted octanol–water partition coefficient (Wildman–Crippen LogP) is 3.37. The third-order valence-electron chi connectivity index (χ3n) is 5.63. The molecule has 2 aromatic heterocycles. The number of nitrogen functional groups attached to an aromatic ring is 1. The number of aromatic nitrogens is 3. The van der Waals surface area contributed by atoms with Gasteiger partial charge in [0.15, 0.2) is 17.3 Å². The maximum absolute atomic E-state index is 13.0. The molecule has 5 N–H and O–H groups in total. The number of hydrogen-bond donors (Lipinski definition) is 4. The Labute approximate surface area is 233 Å². The molecule has 1 atom stereocenters. The lowest BCUT2D eigenvalue weighted by molar-refractivity contribution is -0.193. The lowest BCUT2D eigenvalue weighted by Gasteiger charge is -2.20. The van der Waals surface area contributed by atoms with Crippen LogP contribution in [0.5, 0.6) is 11.5 Å². The molecule has 0 aliphatic heterocycles. The van der Waals surface area contributed by atoms with Crippen molar-refractivity contribution in [3.8, 4) is 17.2 Å². The Bertz CT molecular complexity index is 1660. The molecule has 1 unspecified atom stereocenters. The second-order valence-electron chi connectivity index (χ2n) is 8.22. The van der Waals surface area contributed by atoms with E-state index in [0.717, 1.165) is 4.68 Å². The van der Waals surface area contributed by atoms with Crippen LogP contribution in [0.1, 0.15) is 32.7 Å². The number of esters is 2. The number of anilines is 1. The lowest BCUT2D eigenvalue weighted by Crippen LogP contribution is -2.28. The van der Waals surface area contributed by atoms with Crippen molar-refractivity contribution in [1.82, 2.24) is 14.8 Å². The zero-order valence-corrected chi connectivity index (χ0v) is 22.1. The number of nitrogens with one attached hydrogen (secondary N) is 3. The van der Waals surface area contributed by atoms with Gasteiger partial charge in [0.1, 0.15) is 16.8 Å². The van der Waals surface area contributed by atoms with Crippen LogP contribution in [0.2, 0.25) is 0 Å². The maximum Gasteiger partial charge on any atom is 0.491 e. The van der Waals surface area contributed by atoms with Crippen LogP contribution in [0.15, 0.2) is 58.7 Å². The number of H-pyrrole nitrogens is 1. The summed E-state index contributed by atoms with van der Waals surface area (Å²) in [5.41, 5.74) is 6.10. The van der Waals surface area contributed by atoms with Crippen LogP contribution in [0.25, 0.3) is 5.69 Å². The van der Waals surface area contributed by atoms with Gasteiger partial charge in [-0.25, -0.2) is 14.4 Å². The van der Waals surface area contributed by atoms with E-state index in [9.17, 15) is 27.6 Å². The first-order chi connectivity index (χ1) is 19.4. The van der Waals surface area contributed by atoms with Gasteiger partial charge in [-0.3, -0.25) is 10.4 Å². The summed E-state index contributed by atoms with van der Waals surface area (Å²) in [4.78, 5) is 38.6. The number of benzene rings is 2. The molecule has 0 aliphatic rings. The Kier molecular flexibility index (Phi) is 8.13. The first kappa shape index (κ1) is 28.9. The molecule has 41 heavy (non-hydrogen) atoms. The van der Waals surface area contributed by atoms with Crippen LogP contribution >= 0.6 is 11.3 Å². The quantitative estimate of drug-likeness (QED) is 0.0986. The minimum absolute atomic E-state index is 0.0507. The molecule has 0 spiro atoms. The second-order valence-corrected chi connectivity index (χ2v) is 9.14. The molecule has 0 aliphatic carbocycles. The Balaban J connectivity index is 1.75. The minimum Gasteiger partial charge on any atom is -0.493 e. The van der Waals surface area contributed by atoms with E-state index >= 15 is 0 Å². The molecule has 4 aromatic rings. The van der Waals surface area contributed by atoms with Crippen LogP contribution in [-0.2, 0) is 9.53 Å². The van der Waals surface area contributed by atoms with Crippen molar-refractivity contribution in [2.45, 2.75) is 12.2 Å². The molecule has 0 saturated carbocycles. The molecular formula is C25H21F3N6O6S. The van der Waals surface area contributed by atoms with Gasteiger partial charge in [0.2, 0.25) is 0 Å². The average Bonchev–Trinajstić information content (AvgIpc) is 3.57. The van der Waals surface area contributed by atoms with Gasteiger partial charge in [0.25, 0.3) is 0 Å². The Morgan fingerprint density at radius 3 is 2.39 bits per heavy atom. The summed E-state index contributed by atoms with van der Waals surface area (Å²) >= 11 is 0.662. The molecule has 0 amide bonds. The number of amidine groups is 1. The highest BCUT2D eigenvalue weighted by Crippen LogP contribution is 2.33. The molecule has 16 heteroatoms. The molecule has 4 rings (SSSR count).